The fourth-order valence-electron chi connectivity index (χ4n) is 3.88. The van der Waals surface area contributed by atoms with Crippen LogP contribution in [0.15, 0.2) is 71.6 Å². The van der Waals surface area contributed by atoms with Crippen LogP contribution in [0.5, 0.6) is 0 Å². The highest BCUT2D eigenvalue weighted by Gasteiger charge is 2.33. The highest BCUT2D eigenvalue weighted by Crippen LogP contribution is 2.29. The van der Waals surface area contributed by atoms with Gasteiger partial charge in [-0.25, -0.2) is 8.42 Å². The number of carbonyl (C=O) groups is 2. The molecule has 3 aromatic carbocycles. The van der Waals surface area contributed by atoms with Gasteiger partial charge < -0.3 is 10.2 Å². The van der Waals surface area contributed by atoms with Crippen molar-refractivity contribution in [1.29, 1.82) is 0 Å². The number of amides is 2. The lowest BCUT2D eigenvalue weighted by atomic mass is 10.1. The lowest BCUT2D eigenvalue weighted by Crippen LogP contribution is -2.52. The number of nitrogens with one attached hydrogen (secondary N) is 1. The first-order valence-corrected chi connectivity index (χ1v) is 15.3. The van der Waals surface area contributed by atoms with E-state index in [0.717, 1.165) is 9.87 Å². The number of carbonyl (C=O) groups excluding carboxylic acids is 2. The van der Waals surface area contributed by atoms with Crippen molar-refractivity contribution in [1.82, 2.24) is 10.2 Å². The van der Waals surface area contributed by atoms with Crippen molar-refractivity contribution < 1.29 is 18.0 Å². The zero-order valence-corrected chi connectivity index (χ0v) is 25.8. The molecule has 11 heteroatoms. The fourth-order valence-corrected chi connectivity index (χ4v) is 5.93. The molecule has 3 rings (SSSR count). The summed E-state index contributed by atoms with van der Waals surface area (Å²) >= 11 is 18.9. The molecule has 0 radical (unpaired) electrons. The molecule has 0 heterocycles. The van der Waals surface area contributed by atoms with E-state index in [0.29, 0.717) is 27.1 Å². The summed E-state index contributed by atoms with van der Waals surface area (Å²) in [6.45, 7) is 6.54. The number of halogens is 3. The standard InChI is InChI=1S/C29H32Cl3N3O4S/c1-5-20(3)33-29(37)21(4)34(17-25-26(31)7-6-8-27(25)32)28(36)18-35(23-13-11-22(30)12-14-23)40(38,39)24-15-9-19(2)10-16-24/h6-16,20-21H,5,17-18H2,1-4H3,(H,33,37). The summed E-state index contributed by atoms with van der Waals surface area (Å²) < 4.78 is 28.7. The van der Waals surface area contributed by atoms with Gasteiger partial charge in [-0.1, -0.05) is 65.5 Å². The van der Waals surface area contributed by atoms with E-state index >= 15 is 0 Å². The third-order valence-electron chi connectivity index (χ3n) is 6.56. The number of aryl methyl sites for hydroxylation is 1. The molecule has 0 aromatic heterocycles. The van der Waals surface area contributed by atoms with Gasteiger partial charge in [0.15, 0.2) is 0 Å². The molecule has 0 saturated carbocycles. The van der Waals surface area contributed by atoms with E-state index in [1.807, 2.05) is 20.8 Å². The van der Waals surface area contributed by atoms with Crippen LogP contribution in [-0.2, 0) is 26.2 Å². The van der Waals surface area contributed by atoms with Gasteiger partial charge in [0.05, 0.1) is 10.6 Å². The summed E-state index contributed by atoms with van der Waals surface area (Å²) in [5, 5.41) is 3.94. The third kappa shape index (κ3) is 7.69. The second-order valence-electron chi connectivity index (χ2n) is 9.52. The Morgan fingerprint density at radius 1 is 0.900 bits per heavy atom. The minimum absolute atomic E-state index is 0.0177. The maximum Gasteiger partial charge on any atom is 0.264 e. The number of nitrogens with zero attached hydrogens (tertiary/aromatic N) is 2. The lowest BCUT2D eigenvalue weighted by Gasteiger charge is -2.32. The molecule has 3 aromatic rings. The predicted molar refractivity (Wildman–Crippen MR) is 162 cm³/mol. The molecule has 2 atom stereocenters. The maximum absolute atomic E-state index is 14.0. The van der Waals surface area contributed by atoms with Crippen LogP contribution in [0.3, 0.4) is 0 Å². The molecule has 214 valence electrons. The molecule has 0 spiro atoms. The van der Waals surface area contributed by atoms with Crippen molar-refractivity contribution in [3.05, 3.63) is 92.9 Å². The number of hydrogen-bond acceptors (Lipinski definition) is 4. The number of rotatable bonds is 11. The molecule has 2 unspecified atom stereocenters. The Bertz CT molecular complexity index is 1430. The van der Waals surface area contributed by atoms with E-state index < -0.39 is 28.5 Å². The van der Waals surface area contributed by atoms with Gasteiger partial charge in [0.25, 0.3) is 10.0 Å². The van der Waals surface area contributed by atoms with Crippen LogP contribution in [0.25, 0.3) is 0 Å². The zero-order chi connectivity index (χ0) is 29.6. The van der Waals surface area contributed by atoms with Crippen molar-refractivity contribution in [2.24, 2.45) is 0 Å². The average molecular weight is 625 g/mol. The summed E-state index contributed by atoms with van der Waals surface area (Å²) in [7, 11) is -4.18. The Kier molecular flexibility index (Phi) is 10.9. The van der Waals surface area contributed by atoms with Crippen molar-refractivity contribution in [2.45, 2.75) is 57.6 Å². The molecule has 40 heavy (non-hydrogen) atoms. The van der Waals surface area contributed by atoms with Gasteiger partial charge in [-0.2, -0.15) is 0 Å². The molecule has 0 fully saturated rings. The highest BCUT2D eigenvalue weighted by atomic mass is 35.5. The Morgan fingerprint density at radius 2 is 1.48 bits per heavy atom. The number of benzene rings is 3. The summed E-state index contributed by atoms with van der Waals surface area (Å²) in [5.41, 5.74) is 1.57. The van der Waals surface area contributed by atoms with Crippen molar-refractivity contribution in [2.75, 3.05) is 10.8 Å². The van der Waals surface area contributed by atoms with E-state index in [-0.39, 0.29) is 29.1 Å². The van der Waals surface area contributed by atoms with Crippen LogP contribution in [-0.4, -0.2) is 43.8 Å². The topological polar surface area (TPSA) is 86.8 Å². The number of sulfonamides is 1. The second-order valence-corrected chi connectivity index (χ2v) is 12.6. The second kappa shape index (κ2) is 13.7. The predicted octanol–water partition coefficient (Wildman–Crippen LogP) is 6.48. The van der Waals surface area contributed by atoms with Crippen LogP contribution in [0, 0.1) is 6.92 Å². The Balaban J connectivity index is 2.06. The molecule has 1 N–H and O–H groups in total. The normalized spacial score (nSPS) is 12.9. The molecular formula is C29H32Cl3N3O4S. The van der Waals surface area contributed by atoms with Gasteiger partial charge in [-0.3, -0.25) is 13.9 Å². The molecule has 2 amide bonds. The first kappa shape index (κ1) is 31.7. The highest BCUT2D eigenvalue weighted by molar-refractivity contribution is 7.92. The molecule has 0 aliphatic heterocycles. The smallest absolute Gasteiger partial charge is 0.264 e. The SMILES string of the molecule is CCC(C)NC(=O)C(C)N(Cc1c(Cl)cccc1Cl)C(=O)CN(c1ccc(Cl)cc1)S(=O)(=O)c1ccc(C)cc1. The van der Waals surface area contributed by atoms with E-state index in [1.165, 1.54) is 29.2 Å². The summed E-state index contributed by atoms with van der Waals surface area (Å²) in [6.07, 6.45) is 0.696. The van der Waals surface area contributed by atoms with E-state index in [9.17, 15) is 18.0 Å². The Morgan fingerprint density at radius 3 is 2.02 bits per heavy atom. The van der Waals surface area contributed by atoms with Crippen molar-refractivity contribution >= 4 is 62.3 Å². The quantitative estimate of drug-likeness (QED) is 0.265. The van der Waals surface area contributed by atoms with Gasteiger partial charge in [-0.15, -0.1) is 0 Å². The van der Waals surface area contributed by atoms with Crippen LogP contribution in [0.2, 0.25) is 15.1 Å². The van der Waals surface area contributed by atoms with Crippen LogP contribution in [0.4, 0.5) is 5.69 Å². The molecule has 0 aliphatic rings. The monoisotopic (exact) mass is 623 g/mol. The van der Waals surface area contributed by atoms with E-state index in [2.05, 4.69) is 5.32 Å². The summed E-state index contributed by atoms with van der Waals surface area (Å²) in [5.74, 6) is -1.00. The van der Waals surface area contributed by atoms with Gasteiger partial charge in [0.1, 0.15) is 12.6 Å². The van der Waals surface area contributed by atoms with Gasteiger partial charge >= 0.3 is 0 Å². The van der Waals surface area contributed by atoms with Gasteiger partial charge in [-0.05, 0) is 75.7 Å². The minimum atomic E-state index is -4.18. The zero-order valence-electron chi connectivity index (χ0n) is 22.7. The largest absolute Gasteiger partial charge is 0.352 e. The lowest BCUT2D eigenvalue weighted by molar-refractivity contribution is -0.139. The van der Waals surface area contributed by atoms with Crippen LogP contribution < -0.4 is 9.62 Å². The summed E-state index contributed by atoms with van der Waals surface area (Å²) in [6, 6.07) is 16.3. The Labute approximate surface area is 251 Å². The van der Waals surface area contributed by atoms with Crippen LogP contribution in [0.1, 0.15) is 38.3 Å². The van der Waals surface area contributed by atoms with Gasteiger partial charge in [0, 0.05) is 33.2 Å². The Hall–Kier alpha value is -2.78. The third-order valence-corrected chi connectivity index (χ3v) is 9.31. The first-order valence-electron chi connectivity index (χ1n) is 12.7. The van der Waals surface area contributed by atoms with Gasteiger partial charge in [0.2, 0.25) is 11.8 Å². The number of anilines is 1. The summed E-state index contributed by atoms with van der Waals surface area (Å²) in [4.78, 5) is 28.4. The van der Waals surface area contributed by atoms with Crippen molar-refractivity contribution in [3.63, 3.8) is 0 Å². The van der Waals surface area contributed by atoms with E-state index in [1.54, 1.807) is 49.4 Å². The molecule has 0 aliphatic carbocycles. The minimum Gasteiger partial charge on any atom is -0.352 e. The first-order chi connectivity index (χ1) is 18.8. The maximum atomic E-state index is 14.0. The molecular weight excluding hydrogens is 593 g/mol. The molecule has 0 saturated heterocycles. The number of hydrogen-bond donors (Lipinski definition) is 1. The van der Waals surface area contributed by atoms with Crippen LogP contribution >= 0.6 is 34.8 Å². The average Bonchev–Trinajstić information content (AvgIpc) is 2.91. The van der Waals surface area contributed by atoms with Crippen molar-refractivity contribution in [3.8, 4) is 0 Å². The van der Waals surface area contributed by atoms with E-state index in [4.69, 9.17) is 34.8 Å². The molecule has 0 bridgehead atoms. The fraction of sp³-hybridized carbons (Fsp3) is 0.310. The molecule has 7 nitrogen and oxygen atoms in total.